The quantitative estimate of drug-likeness (QED) is 0.647. The van der Waals surface area contributed by atoms with Gasteiger partial charge in [-0.1, -0.05) is 6.92 Å². The van der Waals surface area contributed by atoms with Crippen LogP contribution >= 0.6 is 0 Å². The molecule has 6 nitrogen and oxygen atoms in total. The molecule has 2 N–H and O–H groups in total. The molecule has 0 unspecified atom stereocenters. The Labute approximate surface area is 158 Å². The van der Waals surface area contributed by atoms with Crippen LogP contribution in [0.3, 0.4) is 0 Å². The highest BCUT2D eigenvalue weighted by atomic mass is 19.3. The minimum atomic E-state index is -2.95. The van der Waals surface area contributed by atoms with Gasteiger partial charge < -0.3 is 24.8 Å². The van der Waals surface area contributed by atoms with Gasteiger partial charge in [-0.15, -0.1) is 0 Å². The molecule has 0 spiro atoms. The van der Waals surface area contributed by atoms with Crippen LogP contribution in [0.4, 0.5) is 8.78 Å². The first-order valence-electron chi connectivity index (χ1n) is 9.19. The van der Waals surface area contributed by atoms with Gasteiger partial charge in [-0.05, 0) is 44.5 Å². The maximum Gasteiger partial charge on any atom is 0.387 e. The number of nitrogens with one attached hydrogen (secondary N) is 2. The minimum absolute atomic E-state index is 0.00463. The number of halogens is 2. The van der Waals surface area contributed by atoms with Gasteiger partial charge in [0.1, 0.15) is 11.5 Å². The standard InChI is InChI=1S/C19H28F2N2O4/c1-3-10-26-15-5-4-14(16(11-15)27-18(20)21)12-23-17(24)19(13-25-2)6-8-22-9-7-19/h4-5,11,18,22H,3,6-10,12-13H2,1-2H3,(H,23,24). The third-order valence-corrected chi connectivity index (χ3v) is 4.63. The first kappa shape index (κ1) is 21.4. The van der Waals surface area contributed by atoms with Crippen molar-refractivity contribution < 1.29 is 27.8 Å². The second-order valence-electron chi connectivity index (χ2n) is 6.64. The smallest absolute Gasteiger partial charge is 0.387 e. The topological polar surface area (TPSA) is 68.8 Å². The molecule has 0 aromatic heterocycles. The predicted octanol–water partition coefficient (Wildman–Crippen LogP) is 2.71. The molecular weight excluding hydrogens is 358 g/mol. The van der Waals surface area contributed by atoms with E-state index in [1.54, 1.807) is 19.2 Å². The van der Waals surface area contributed by atoms with E-state index < -0.39 is 12.0 Å². The zero-order valence-electron chi connectivity index (χ0n) is 15.9. The SMILES string of the molecule is CCCOc1ccc(CNC(=O)C2(COC)CCNCC2)c(OC(F)F)c1. The summed E-state index contributed by atoms with van der Waals surface area (Å²) in [5.41, 5.74) is -0.137. The van der Waals surface area contributed by atoms with E-state index in [1.165, 1.54) is 6.07 Å². The number of rotatable bonds is 10. The van der Waals surface area contributed by atoms with Gasteiger partial charge in [0.25, 0.3) is 0 Å². The van der Waals surface area contributed by atoms with E-state index in [1.807, 2.05) is 6.92 Å². The fourth-order valence-corrected chi connectivity index (χ4v) is 3.18. The molecule has 0 aliphatic carbocycles. The first-order valence-corrected chi connectivity index (χ1v) is 9.19. The van der Waals surface area contributed by atoms with Crippen molar-refractivity contribution in [1.82, 2.24) is 10.6 Å². The lowest BCUT2D eigenvalue weighted by Crippen LogP contribution is -2.50. The highest BCUT2D eigenvalue weighted by Crippen LogP contribution is 2.31. The van der Waals surface area contributed by atoms with Gasteiger partial charge in [0.05, 0.1) is 18.6 Å². The van der Waals surface area contributed by atoms with Crippen LogP contribution in [0.2, 0.25) is 0 Å². The van der Waals surface area contributed by atoms with Crippen molar-refractivity contribution in [1.29, 1.82) is 0 Å². The van der Waals surface area contributed by atoms with Crippen LogP contribution in [-0.4, -0.2) is 45.9 Å². The molecule has 1 amide bonds. The number of alkyl halides is 2. The fraction of sp³-hybridized carbons (Fsp3) is 0.632. The number of carbonyl (C=O) groups excluding carboxylic acids is 1. The predicted molar refractivity (Wildman–Crippen MR) is 97.1 cm³/mol. The lowest BCUT2D eigenvalue weighted by Gasteiger charge is -2.35. The van der Waals surface area contributed by atoms with Gasteiger partial charge in [-0.2, -0.15) is 8.78 Å². The lowest BCUT2D eigenvalue weighted by molar-refractivity contribution is -0.136. The molecule has 1 aliphatic rings. The van der Waals surface area contributed by atoms with E-state index in [4.69, 9.17) is 9.47 Å². The van der Waals surface area contributed by atoms with Crippen molar-refractivity contribution in [3.05, 3.63) is 23.8 Å². The zero-order chi connectivity index (χ0) is 19.7. The number of hydrogen-bond donors (Lipinski definition) is 2. The molecule has 1 fully saturated rings. The summed E-state index contributed by atoms with van der Waals surface area (Å²) in [6, 6.07) is 4.75. The summed E-state index contributed by atoms with van der Waals surface area (Å²) in [4.78, 5) is 12.8. The van der Waals surface area contributed by atoms with Crippen LogP contribution in [0.5, 0.6) is 11.5 Å². The number of piperidine rings is 1. The van der Waals surface area contributed by atoms with Crippen molar-refractivity contribution in [2.45, 2.75) is 39.3 Å². The molecule has 0 atom stereocenters. The molecule has 1 aliphatic heterocycles. The van der Waals surface area contributed by atoms with Gasteiger partial charge in [-0.25, -0.2) is 0 Å². The Hall–Kier alpha value is -1.93. The Bertz CT molecular complexity index is 602. The van der Waals surface area contributed by atoms with Gasteiger partial charge in [0.15, 0.2) is 0 Å². The third kappa shape index (κ3) is 6.04. The van der Waals surface area contributed by atoms with Crippen LogP contribution in [-0.2, 0) is 16.1 Å². The molecule has 2 rings (SSSR count). The number of ether oxygens (including phenoxy) is 3. The van der Waals surface area contributed by atoms with Gasteiger partial charge >= 0.3 is 6.61 Å². The van der Waals surface area contributed by atoms with E-state index in [9.17, 15) is 13.6 Å². The van der Waals surface area contributed by atoms with Crippen molar-refractivity contribution in [3.63, 3.8) is 0 Å². The average Bonchev–Trinajstić information content (AvgIpc) is 2.66. The number of hydrogen-bond acceptors (Lipinski definition) is 5. The molecule has 1 aromatic rings. The Morgan fingerprint density at radius 3 is 2.70 bits per heavy atom. The van der Waals surface area contributed by atoms with Crippen molar-refractivity contribution >= 4 is 5.91 Å². The van der Waals surface area contributed by atoms with Crippen LogP contribution < -0.4 is 20.1 Å². The normalized spacial score (nSPS) is 16.2. The molecule has 8 heteroatoms. The molecular formula is C19H28F2N2O4. The summed E-state index contributed by atoms with van der Waals surface area (Å²) in [7, 11) is 1.57. The van der Waals surface area contributed by atoms with Crippen LogP contribution in [0.15, 0.2) is 18.2 Å². The summed E-state index contributed by atoms with van der Waals surface area (Å²) in [6.45, 7) is 1.37. The highest BCUT2D eigenvalue weighted by molar-refractivity contribution is 5.83. The monoisotopic (exact) mass is 386 g/mol. The van der Waals surface area contributed by atoms with Gasteiger partial charge in [-0.3, -0.25) is 4.79 Å². The Morgan fingerprint density at radius 1 is 1.33 bits per heavy atom. The van der Waals surface area contributed by atoms with E-state index in [-0.39, 0.29) is 18.2 Å². The van der Waals surface area contributed by atoms with Crippen LogP contribution in [0.25, 0.3) is 0 Å². The van der Waals surface area contributed by atoms with Gasteiger partial charge in [0.2, 0.25) is 5.91 Å². The maximum atomic E-state index is 12.8. The number of carbonyl (C=O) groups is 1. The average molecular weight is 386 g/mol. The molecule has 152 valence electrons. The number of methoxy groups -OCH3 is 1. The molecule has 27 heavy (non-hydrogen) atoms. The largest absolute Gasteiger partial charge is 0.493 e. The second-order valence-corrected chi connectivity index (χ2v) is 6.64. The van der Waals surface area contributed by atoms with E-state index in [2.05, 4.69) is 15.4 Å². The fourth-order valence-electron chi connectivity index (χ4n) is 3.18. The molecule has 0 saturated carbocycles. The number of amides is 1. The Morgan fingerprint density at radius 2 is 2.07 bits per heavy atom. The van der Waals surface area contributed by atoms with E-state index in [0.717, 1.165) is 19.5 Å². The lowest BCUT2D eigenvalue weighted by atomic mass is 9.78. The summed E-state index contributed by atoms with van der Waals surface area (Å²) >= 11 is 0. The Balaban J connectivity index is 2.09. The zero-order valence-corrected chi connectivity index (χ0v) is 15.9. The van der Waals surface area contributed by atoms with E-state index in [0.29, 0.717) is 37.4 Å². The van der Waals surface area contributed by atoms with Crippen LogP contribution in [0, 0.1) is 5.41 Å². The summed E-state index contributed by atoms with van der Waals surface area (Å²) in [5, 5.41) is 6.09. The van der Waals surface area contributed by atoms with E-state index >= 15 is 0 Å². The maximum absolute atomic E-state index is 12.8. The summed E-state index contributed by atoms with van der Waals surface area (Å²) in [5.74, 6) is 0.321. The van der Waals surface area contributed by atoms with Gasteiger partial charge in [0, 0.05) is 25.3 Å². The molecule has 1 saturated heterocycles. The van der Waals surface area contributed by atoms with Crippen molar-refractivity contribution in [2.24, 2.45) is 5.41 Å². The molecule has 1 heterocycles. The Kier molecular flexibility index (Phi) is 8.24. The molecule has 1 aromatic carbocycles. The number of benzene rings is 1. The summed E-state index contributed by atoms with van der Waals surface area (Å²) < 4.78 is 40.9. The van der Waals surface area contributed by atoms with Crippen molar-refractivity contribution in [2.75, 3.05) is 33.4 Å². The second kappa shape index (κ2) is 10.4. The minimum Gasteiger partial charge on any atom is -0.493 e. The van der Waals surface area contributed by atoms with Crippen molar-refractivity contribution in [3.8, 4) is 11.5 Å². The third-order valence-electron chi connectivity index (χ3n) is 4.63. The molecule has 0 bridgehead atoms. The van der Waals surface area contributed by atoms with Crippen LogP contribution in [0.1, 0.15) is 31.7 Å². The molecule has 0 radical (unpaired) electrons. The first-order chi connectivity index (χ1) is 13.0. The summed E-state index contributed by atoms with van der Waals surface area (Å²) in [6.07, 6.45) is 2.13. The highest BCUT2D eigenvalue weighted by Gasteiger charge is 2.39.